The fraction of sp³-hybridized carbons (Fsp3) is 0.542. The van der Waals surface area contributed by atoms with E-state index < -0.39 is 45.5 Å². The number of nitrogens with one attached hydrogen (secondary N) is 1. The van der Waals surface area contributed by atoms with E-state index in [1.165, 1.54) is 29.1 Å². The number of sulfonamides is 1. The van der Waals surface area contributed by atoms with Crippen LogP contribution in [-0.2, 0) is 26.1 Å². The molecule has 10 nitrogen and oxygen atoms in total. The number of aromatic nitrogens is 2. The van der Waals surface area contributed by atoms with Gasteiger partial charge in [-0.25, -0.2) is 13.2 Å². The highest BCUT2D eigenvalue weighted by molar-refractivity contribution is 7.93. The van der Waals surface area contributed by atoms with Gasteiger partial charge in [-0.15, -0.1) is 0 Å². The molecule has 1 aliphatic rings. The molecule has 2 aromatic rings. The lowest BCUT2D eigenvalue weighted by Crippen LogP contribution is -2.52. The highest BCUT2D eigenvalue weighted by Crippen LogP contribution is 2.44. The Morgan fingerprint density at radius 3 is 2.44 bits per heavy atom. The van der Waals surface area contributed by atoms with Crippen molar-refractivity contribution in [3.8, 4) is 5.75 Å². The van der Waals surface area contributed by atoms with Crippen molar-refractivity contribution in [2.75, 3.05) is 9.62 Å². The minimum Gasteiger partial charge on any atom is -0.486 e. The molecule has 0 spiro atoms. The molecule has 2 heterocycles. The Hall–Kier alpha value is -3.00. The molecule has 0 radical (unpaired) electrons. The molecule has 1 N–H and O–H groups in total. The van der Waals surface area contributed by atoms with E-state index in [1.807, 2.05) is 0 Å². The van der Waals surface area contributed by atoms with Crippen molar-refractivity contribution >= 4 is 45.4 Å². The van der Waals surface area contributed by atoms with Gasteiger partial charge in [0.1, 0.15) is 23.0 Å². The summed E-state index contributed by atoms with van der Waals surface area (Å²) in [6.45, 7) is 8.46. The van der Waals surface area contributed by atoms with E-state index in [-0.39, 0.29) is 33.6 Å². The van der Waals surface area contributed by atoms with E-state index in [4.69, 9.17) is 16.3 Å². The van der Waals surface area contributed by atoms with E-state index >= 15 is 0 Å². The van der Waals surface area contributed by atoms with Gasteiger partial charge in [0.2, 0.25) is 5.60 Å². The number of carbonyl (C=O) groups is 2. The Labute approximate surface area is 229 Å². The van der Waals surface area contributed by atoms with Gasteiger partial charge in [0.25, 0.3) is 10.0 Å². The predicted molar refractivity (Wildman–Crippen MR) is 138 cm³/mol. The number of aryl methyl sites for hydroxylation is 1. The molecule has 0 saturated carbocycles. The maximum absolute atomic E-state index is 13.9. The number of amides is 1. The molecule has 0 unspecified atom stereocenters. The summed E-state index contributed by atoms with van der Waals surface area (Å²) in [4.78, 5) is 23.6. The fourth-order valence-electron chi connectivity index (χ4n) is 3.88. The smallest absolute Gasteiger partial charge is 0.427 e. The van der Waals surface area contributed by atoms with Crippen LogP contribution in [0, 0.1) is 5.41 Å². The topological polar surface area (TPSA) is 120 Å². The Kier molecular flexibility index (Phi) is 8.24. The molecule has 3 rings (SSSR count). The van der Waals surface area contributed by atoms with Crippen LogP contribution in [0.3, 0.4) is 0 Å². The van der Waals surface area contributed by atoms with Gasteiger partial charge < -0.3 is 14.3 Å². The third-order valence-electron chi connectivity index (χ3n) is 6.25. The quantitative estimate of drug-likeness (QED) is 0.406. The van der Waals surface area contributed by atoms with Gasteiger partial charge in [-0.3, -0.25) is 14.3 Å². The van der Waals surface area contributed by atoms with Crippen LogP contribution in [0.4, 0.5) is 29.3 Å². The summed E-state index contributed by atoms with van der Waals surface area (Å²) >= 11 is 6.19. The first-order chi connectivity index (χ1) is 17.8. The third kappa shape index (κ3) is 6.26. The van der Waals surface area contributed by atoms with E-state index in [0.717, 1.165) is 10.6 Å². The normalized spacial score (nSPS) is 18.3. The van der Waals surface area contributed by atoms with Gasteiger partial charge in [-0.05, 0) is 52.3 Å². The molecule has 0 saturated heterocycles. The lowest BCUT2D eigenvalue weighted by atomic mass is 9.86. The van der Waals surface area contributed by atoms with Crippen molar-refractivity contribution in [1.29, 1.82) is 0 Å². The van der Waals surface area contributed by atoms with Crippen molar-refractivity contribution in [3.63, 3.8) is 0 Å². The number of hydrogen-bond acceptors (Lipinski definition) is 7. The van der Waals surface area contributed by atoms with E-state index in [0.29, 0.717) is 20.4 Å². The average Bonchev–Trinajstić information content (AvgIpc) is 3.20. The van der Waals surface area contributed by atoms with Crippen LogP contribution in [0.5, 0.6) is 5.75 Å². The highest BCUT2D eigenvalue weighted by atomic mass is 35.5. The summed E-state index contributed by atoms with van der Waals surface area (Å²) in [7, 11) is -4.38. The molecule has 1 amide bonds. The Bertz CT molecular complexity index is 1360. The number of alkyl halides is 3. The number of aldehydes is 1. The number of fused-ring (bicyclic) bond motifs is 1. The Balaban J connectivity index is 2.07. The first-order valence-electron chi connectivity index (χ1n) is 11.9. The zero-order chi connectivity index (χ0) is 29.6. The highest BCUT2D eigenvalue weighted by Gasteiger charge is 2.51. The van der Waals surface area contributed by atoms with Gasteiger partial charge in [0.05, 0.1) is 11.7 Å². The SMILES string of the molecule is CCn1cc(S(=O)(=O)N2c3cc(NC(=O)OC(C)(C)C(F)(F)F)ccc3O[C@@H](CC(C)(C)C=O)[C@@H]2C)c(Cl)n1. The number of hydrogen-bond donors (Lipinski definition) is 1. The van der Waals surface area contributed by atoms with Gasteiger partial charge in [-0.1, -0.05) is 25.4 Å². The minimum atomic E-state index is -4.82. The van der Waals surface area contributed by atoms with Crippen LogP contribution >= 0.6 is 11.6 Å². The first-order valence-corrected chi connectivity index (χ1v) is 13.8. The molecule has 1 aromatic carbocycles. The number of nitrogens with zero attached hydrogens (tertiary/aromatic N) is 3. The second kappa shape index (κ2) is 10.5. The molecular weight excluding hydrogens is 565 g/mol. The van der Waals surface area contributed by atoms with Crippen LogP contribution in [-0.4, -0.2) is 54.5 Å². The molecular formula is C24H30ClF3N4O6S. The van der Waals surface area contributed by atoms with Crippen LogP contribution in [0.2, 0.25) is 5.15 Å². The molecule has 2 atom stereocenters. The van der Waals surface area contributed by atoms with Crippen LogP contribution < -0.4 is 14.4 Å². The van der Waals surface area contributed by atoms with Gasteiger partial charge >= 0.3 is 12.3 Å². The molecule has 39 heavy (non-hydrogen) atoms. The van der Waals surface area contributed by atoms with Crippen molar-refractivity contribution < 1.29 is 40.7 Å². The molecule has 15 heteroatoms. The van der Waals surface area contributed by atoms with Crippen molar-refractivity contribution in [3.05, 3.63) is 29.5 Å². The van der Waals surface area contributed by atoms with Crippen molar-refractivity contribution in [1.82, 2.24) is 9.78 Å². The number of carbonyl (C=O) groups excluding carboxylic acids is 2. The minimum absolute atomic E-state index is 0.00384. The Morgan fingerprint density at radius 2 is 1.90 bits per heavy atom. The van der Waals surface area contributed by atoms with E-state index in [1.54, 1.807) is 27.7 Å². The van der Waals surface area contributed by atoms with Crippen LogP contribution in [0.25, 0.3) is 0 Å². The number of rotatable bonds is 8. The summed E-state index contributed by atoms with van der Waals surface area (Å²) in [5.74, 6) is 0.108. The van der Waals surface area contributed by atoms with Crippen molar-refractivity contribution in [2.45, 2.75) is 83.3 Å². The largest absolute Gasteiger partial charge is 0.486 e. The van der Waals surface area contributed by atoms with E-state index in [9.17, 15) is 31.2 Å². The lowest BCUT2D eigenvalue weighted by molar-refractivity contribution is -0.242. The molecule has 0 bridgehead atoms. The zero-order valence-electron chi connectivity index (χ0n) is 22.2. The number of anilines is 2. The van der Waals surface area contributed by atoms with E-state index in [2.05, 4.69) is 15.2 Å². The Morgan fingerprint density at radius 1 is 1.26 bits per heavy atom. The van der Waals surface area contributed by atoms with Gasteiger partial charge in [-0.2, -0.15) is 18.3 Å². The van der Waals surface area contributed by atoms with Crippen molar-refractivity contribution in [2.24, 2.45) is 5.41 Å². The molecule has 216 valence electrons. The lowest BCUT2D eigenvalue weighted by Gasteiger charge is -2.42. The second-order valence-electron chi connectivity index (χ2n) is 10.4. The standard InChI is InChI=1S/C24H30ClF3N4O6S/c1-7-31-12-19(20(25)30-31)39(35,36)32-14(2)18(11-22(3,4)13-33)37-17-9-8-15(10-16(17)32)29-21(34)38-23(5,6)24(26,27)28/h8-10,12-14,18H,7,11H2,1-6H3,(H,29,34)/t14-,18-/m0/s1. The summed E-state index contributed by atoms with van der Waals surface area (Å²) in [6, 6.07) is 3.07. The van der Waals surface area contributed by atoms with Gasteiger partial charge in [0.15, 0.2) is 5.15 Å². The molecule has 1 aromatic heterocycles. The second-order valence-corrected chi connectivity index (χ2v) is 12.5. The monoisotopic (exact) mass is 594 g/mol. The molecule has 0 aliphatic carbocycles. The zero-order valence-corrected chi connectivity index (χ0v) is 23.7. The van der Waals surface area contributed by atoms with Gasteiger partial charge in [0, 0.05) is 23.8 Å². The average molecular weight is 595 g/mol. The third-order valence-corrected chi connectivity index (χ3v) is 8.55. The summed E-state index contributed by atoms with van der Waals surface area (Å²) in [5, 5.41) is 5.95. The maximum atomic E-state index is 13.9. The first kappa shape index (κ1) is 30.5. The predicted octanol–water partition coefficient (Wildman–Crippen LogP) is 5.41. The van der Waals surface area contributed by atoms with Crippen LogP contribution in [0.1, 0.15) is 48.0 Å². The maximum Gasteiger partial charge on any atom is 0.427 e. The number of ether oxygens (including phenoxy) is 2. The molecule has 1 aliphatic heterocycles. The number of benzene rings is 1. The molecule has 0 fully saturated rings. The summed E-state index contributed by atoms with van der Waals surface area (Å²) in [5.41, 5.74) is -3.66. The summed E-state index contributed by atoms with van der Waals surface area (Å²) < 4.78 is 80.4. The fourth-order valence-corrected chi connectivity index (χ4v) is 6.01. The summed E-state index contributed by atoms with van der Waals surface area (Å²) in [6.07, 6.45) is -4.77. The number of halogens is 4. The van der Waals surface area contributed by atoms with Crippen LogP contribution in [0.15, 0.2) is 29.3 Å².